The average Bonchev–Trinajstić information content (AvgIpc) is 2.63. The van der Waals surface area contributed by atoms with Crippen molar-refractivity contribution in [2.75, 3.05) is 32.0 Å². The molecular formula is C12H18N2. The fraction of sp³-hybridized carbons (Fsp3) is 0.500. The molecule has 0 aliphatic carbocycles. The number of para-hydroxylation sites is 1. The third-order valence-corrected chi connectivity index (χ3v) is 2.86. The second-order valence-corrected chi connectivity index (χ2v) is 4.16. The van der Waals surface area contributed by atoms with Crippen LogP contribution in [0.5, 0.6) is 0 Å². The highest BCUT2D eigenvalue weighted by atomic mass is 15.1. The summed E-state index contributed by atoms with van der Waals surface area (Å²) >= 11 is 0. The van der Waals surface area contributed by atoms with E-state index >= 15 is 0 Å². The monoisotopic (exact) mass is 190 g/mol. The minimum absolute atomic E-state index is 0.820. The predicted octanol–water partition coefficient (Wildman–Crippen LogP) is 2.05. The molecule has 1 aliphatic heterocycles. The van der Waals surface area contributed by atoms with Crippen LogP contribution in [0.25, 0.3) is 0 Å². The lowest BCUT2D eigenvalue weighted by atomic mass is 10.1. The molecule has 1 aromatic rings. The van der Waals surface area contributed by atoms with Crippen LogP contribution in [-0.4, -0.2) is 31.6 Å². The Balaban J connectivity index is 1.78. The molecule has 1 saturated heterocycles. The molecule has 1 fully saturated rings. The number of anilines is 1. The van der Waals surface area contributed by atoms with Crippen LogP contribution in [0.2, 0.25) is 0 Å². The number of hydrogen-bond acceptors (Lipinski definition) is 2. The second-order valence-electron chi connectivity index (χ2n) is 4.16. The van der Waals surface area contributed by atoms with Gasteiger partial charge < -0.3 is 10.2 Å². The molecule has 76 valence electrons. The average molecular weight is 190 g/mol. The van der Waals surface area contributed by atoms with Crippen molar-refractivity contribution in [3.8, 4) is 0 Å². The molecule has 1 aliphatic rings. The normalized spacial score (nSPS) is 22.5. The first-order valence-electron chi connectivity index (χ1n) is 5.32. The van der Waals surface area contributed by atoms with E-state index < -0.39 is 0 Å². The molecule has 2 rings (SSSR count). The summed E-state index contributed by atoms with van der Waals surface area (Å²) in [6, 6.07) is 10.4. The number of nitrogens with one attached hydrogen (secondary N) is 1. The van der Waals surface area contributed by atoms with E-state index in [9.17, 15) is 0 Å². The summed E-state index contributed by atoms with van der Waals surface area (Å²) in [5, 5.41) is 3.48. The molecule has 0 amide bonds. The lowest BCUT2D eigenvalue weighted by molar-refractivity contribution is 0.399. The number of hydrogen-bond donors (Lipinski definition) is 1. The van der Waals surface area contributed by atoms with Crippen molar-refractivity contribution in [2.45, 2.75) is 6.42 Å². The van der Waals surface area contributed by atoms with Gasteiger partial charge in [-0.1, -0.05) is 18.2 Å². The first kappa shape index (κ1) is 9.53. The Labute approximate surface area is 85.9 Å². The zero-order valence-electron chi connectivity index (χ0n) is 8.74. The summed E-state index contributed by atoms with van der Waals surface area (Å²) in [4.78, 5) is 2.40. The van der Waals surface area contributed by atoms with Crippen molar-refractivity contribution in [1.82, 2.24) is 4.90 Å². The van der Waals surface area contributed by atoms with Crippen molar-refractivity contribution >= 4 is 5.69 Å². The number of benzene rings is 1. The molecule has 0 radical (unpaired) electrons. The highest BCUT2D eigenvalue weighted by molar-refractivity contribution is 5.42. The molecule has 14 heavy (non-hydrogen) atoms. The van der Waals surface area contributed by atoms with Gasteiger partial charge in [-0.25, -0.2) is 0 Å². The molecule has 1 N–H and O–H groups in total. The van der Waals surface area contributed by atoms with Gasteiger partial charge in [0.2, 0.25) is 0 Å². The van der Waals surface area contributed by atoms with Gasteiger partial charge in [0.1, 0.15) is 0 Å². The van der Waals surface area contributed by atoms with Crippen LogP contribution in [0.3, 0.4) is 0 Å². The second kappa shape index (κ2) is 4.47. The zero-order chi connectivity index (χ0) is 9.80. The van der Waals surface area contributed by atoms with E-state index in [-0.39, 0.29) is 0 Å². The van der Waals surface area contributed by atoms with E-state index in [1.807, 2.05) is 0 Å². The van der Waals surface area contributed by atoms with Crippen LogP contribution in [0.4, 0.5) is 5.69 Å². The molecule has 1 unspecified atom stereocenters. The number of rotatable bonds is 3. The molecule has 0 aromatic heterocycles. The minimum Gasteiger partial charge on any atom is -0.385 e. The molecule has 2 heteroatoms. The maximum Gasteiger partial charge on any atom is 0.0340 e. The number of nitrogens with zero attached hydrogens (tertiary/aromatic N) is 1. The molecule has 1 heterocycles. The van der Waals surface area contributed by atoms with Crippen LogP contribution in [-0.2, 0) is 0 Å². The summed E-state index contributed by atoms with van der Waals surface area (Å²) in [6.07, 6.45) is 1.33. The molecule has 2 nitrogen and oxygen atoms in total. The molecule has 1 atom stereocenters. The Morgan fingerprint density at radius 1 is 1.36 bits per heavy atom. The largest absolute Gasteiger partial charge is 0.385 e. The fourth-order valence-corrected chi connectivity index (χ4v) is 2.01. The first-order chi connectivity index (χ1) is 6.84. The van der Waals surface area contributed by atoms with Crippen LogP contribution in [0.15, 0.2) is 30.3 Å². The number of likely N-dealkylation sites (tertiary alicyclic amines) is 1. The highest BCUT2D eigenvalue weighted by Crippen LogP contribution is 2.15. The predicted molar refractivity (Wildman–Crippen MR) is 60.5 cm³/mol. The van der Waals surface area contributed by atoms with Gasteiger partial charge in [0.05, 0.1) is 0 Å². The van der Waals surface area contributed by atoms with Crippen molar-refractivity contribution in [3.63, 3.8) is 0 Å². The minimum atomic E-state index is 0.820. The summed E-state index contributed by atoms with van der Waals surface area (Å²) < 4.78 is 0. The Bertz CT molecular complexity index is 271. The van der Waals surface area contributed by atoms with Gasteiger partial charge in [0.15, 0.2) is 0 Å². The summed E-state index contributed by atoms with van der Waals surface area (Å²) in [5.41, 5.74) is 1.24. The van der Waals surface area contributed by atoms with E-state index in [1.54, 1.807) is 0 Å². The quantitative estimate of drug-likeness (QED) is 0.784. The van der Waals surface area contributed by atoms with Crippen LogP contribution in [0, 0.1) is 5.92 Å². The Kier molecular flexibility index (Phi) is 3.04. The third kappa shape index (κ3) is 2.48. The summed E-state index contributed by atoms with van der Waals surface area (Å²) in [7, 11) is 2.20. The fourth-order valence-electron chi connectivity index (χ4n) is 2.01. The maximum absolute atomic E-state index is 3.48. The van der Waals surface area contributed by atoms with E-state index in [0.29, 0.717) is 0 Å². The van der Waals surface area contributed by atoms with Crippen molar-refractivity contribution in [1.29, 1.82) is 0 Å². The van der Waals surface area contributed by atoms with Gasteiger partial charge in [0, 0.05) is 18.8 Å². The van der Waals surface area contributed by atoms with E-state index in [1.165, 1.54) is 25.2 Å². The lowest BCUT2D eigenvalue weighted by Crippen LogP contribution is -2.19. The first-order valence-corrected chi connectivity index (χ1v) is 5.32. The Morgan fingerprint density at radius 2 is 2.14 bits per heavy atom. The van der Waals surface area contributed by atoms with Gasteiger partial charge >= 0.3 is 0 Å². The standard InChI is InChI=1S/C12H18N2/c1-14-8-7-11(10-14)9-13-12-5-3-2-4-6-12/h2-6,11,13H,7-10H2,1H3. The van der Waals surface area contributed by atoms with Crippen LogP contribution < -0.4 is 5.32 Å². The lowest BCUT2D eigenvalue weighted by Gasteiger charge is -2.12. The van der Waals surface area contributed by atoms with E-state index in [4.69, 9.17) is 0 Å². The smallest absolute Gasteiger partial charge is 0.0340 e. The Hall–Kier alpha value is -1.02. The molecular weight excluding hydrogens is 172 g/mol. The third-order valence-electron chi connectivity index (χ3n) is 2.86. The molecule has 1 aromatic carbocycles. The highest BCUT2D eigenvalue weighted by Gasteiger charge is 2.18. The van der Waals surface area contributed by atoms with Crippen LogP contribution in [0.1, 0.15) is 6.42 Å². The molecule has 0 saturated carbocycles. The van der Waals surface area contributed by atoms with Crippen molar-refractivity contribution in [2.24, 2.45) is 5.92 Å². The van der Waals surface area contributed by atoms with Gasteiger partial charge in [-0.15, -0.1) is 0 Å². The Morgan fingerprint density at radius 3 is 2.79 bits per heavy atom. The van der Waals surface area contributed by atoms with Gasteiger partial charge in [0.25, 0.3) is 0 Å². The SMILES string of the molecule is CN1CCC(CNc2ccccc2)C1. The topological polar surface area (TPSA) is 15.3 Å². The van der Waals surface area contributed by atoms with Crippen molar-refractivity contribution in [3.05, 3.63) is 30.3 Å². The maximum atomic E-state index is 3.48. The molecule has 0 bridgehead atoms. The summed E-state index contributed by atoms with van der Waals surface area (Å²) in [5.74, 6) is 0.820. The summed E-state index contributed by atoms with van der Waals surface area (Å²) in [6.45, 7) is 3.59. The van der Waals surface area contributed by atoms with Gasteiger partial charge in [-0.2, -0.15) is 0 Å². The van der Waals surface area contributed by atoms with Gasteiger partial charge in [-0.05, 0) is 38.1 Å². The van der Waals surface area contributed by atoms with E-state index in [2.05, 4.69) is 47.6 Å². The van der Waals surface area contributed by atoms with Crippen molar-refractivity contribution < 1.29 is 0 Å². The van der Waals surface area contributed by atoms with E-state index in [0.717, 1.165) is 12.5 Å². The van der Waals surface area contributed by atoms with Crippen LogP contribution >= 0.6 is 0 Å². The molecule has 0 spiro atoms. The zero-order valence-corrected chi connectivity index (χ0v) is 8.74. The van der Waals surface area contributed by atoms with Gasteiger partial charge in [-0.3, -0.25) is 0 Å².